The standard InChI is InChI=1S/C29H24F2N4O4/c1-15(2)20-12-19(32-3)13-23-26(20)39-28(34-23)17-7-5-16(6-8-17)27(36)33-14-24-25(35(4)29(37)38-24)18-9-10-21(30)22(31)11-18/h5-13,15,24-25H,14H2,1-2,4H3,(H,33,36)/t24-,25-/m1/s1. The van der Waals surface area contributed by atoms with Crippen LogP contribution in [0.2, 0.25) is 0 Å². The Kier molecular flexibility index (Phi) is 6.74. The van der Waals surface area contributed by atoms with Crippen LogP contribution in [0.4, 0.5) is 19.3 Å². The third kappa shape index (κ3) is 4.91. The summed E-state index contributed by atoms with van der Waals surface area (Å²) in [6.07, 6.45) is -1.43. The number of amides is 2. The molecule has 1 aromatic heterocycles. The van der Waals surface area contributed by atoms with E-state index < -0.39 is 35.8 Å². The first-order chi connectivity index (χ1) is 18.7. The lowest BCUT2D eigenvalue weighted by Crippen LogP contribution is -2.36. The second kappa shape index (κ2) is 10.2. The molecule has 0 bridgehead atoms. The number of nitrogens with zero attached hydrogens (tertiary/aromatic N) is 3. The Balaban J connectivity index is 1.31. The van der Waals surface area contributed by atoms with E-state index in [1.165, 1.54) is 18.0 Å². The van der Waals surface area contributed by atoms with Crippen molar-refractivity contribution in [1.29, 1.82) is 0 Å². The summed E-state index contributed by atoms with van der Waals surface area (Å²) in [7, 11) is 1.49. The molecule has 0 saturated carbocycles. The average molecular weight is 531 g/mol. The normalized spacial score (nSPS) is 16.9. The second-order valence-corrected chi connectivity index (χ2v) is 9.61. The number of aromatic nitrogens is 1. The number of fused-ring (bicyclic) bond motifs is 1. The molecule has 1 N–H and O–H groups in total. The first-order valence-corrected chi connectivity index (χ1v) is 12.2. The number of rotatable bonds is 6. The number of ether oxygens (including phenoxy) is 1. The minimum atomic E-state index is -1.03. The van der Waals surface area contributed by atoms with E-state index in [0.29, 0.717) is 39.4 Å². The summed E-state index contributed by atoms with van der Waals surface area (Å²) in [5, 5.41) is 2.74. The topological polar surface area (TPSA) is 89.0 Å². The molecule has 1 aliphatic rings. The van der Waals surface area contributed by atoms with Crippen LogP contribution in [0.25, 0.3) is 27.4 Å². The lowest BCUT2D eigenvalue weighted by Gasteiger charge is -2.22. The van der Waals surface area contributed by atoms with Crippen molar-refractivity contribution in [3.63, 3.8) is 0 Å². The molecular formula is C29H24F2N4O4. The summed E-state index contributed by atoms with van der Waals surface area (Å²) in [6, 6.07) is 12.8. The monoisotopic (exact) mass is 530 g/mol. The van der Waals surface area contributed by atoms with Gasteiger partial charge in [0, 0.05) is 18.2 Å². The number of carbonyl (C=O) groups is 2. The van der Waals surface area contributed by atoms with Crippen molar-refractivity contribution in [1.82, 2.24) is 15.2 Å². The van der Waals surface area contributed by atoms with E-state index in [1.54, 1.807) is 36.4 Å². The number of halogens is 2. The maximum absolute atomic E-state index is 13.8. The van der Waals surface area contributed by atoms with Gasteiger partial charge in [-0.15, -0.1) is 0 Å². The molecule has 1 fully saturated rings. The molecule has 10 heteroatoms. The minimum Gasteiger partial charge on any atom is -0.442 e. The fourth-order valence-corrected chi connectivity index (χ4v) is 4.65. The molecule has 0 aliphatic carbocycles. The van der Waals surface area contributed by atoms with Crippen molar-refractivity contribution in [2.45, 2.75) is 31.9 Å². The van der Waals surface area contributed by atoms with Gasteiger partial charge in [0.15, 0.2) is 22.9 Å². The zero-order valence-corrected chi connectivity index (χ0v) is 21.4. The maximum atomic E-state index is 13.8. The zero-order chi connectivity index (χ0) is 27.8. The van der Waals surface area contributed by atoms with Crippen molar-refractivity contribution in [2.24, 2.45) is 0 Å². The highest BCUT2D eigenvalue weighted by molar-refractivity contribution is 5.94. The summed E-state index contributed by atoms with van der Waals surface area (Å²) >= 11 is 0. The van der Waals surface area contributed by atoms with Crippen LogP contribution in [0.15, 0.2) is 59.0 Å². The van der Waals surface area contributed by atoms with Gasteiger partial charge in [0.2, 0.25) is 5.89 Å². The molecule has 2 amide bonds. The number of likely N-dealkylation sites (N-methyl/N-ethyl adjacent to an activating group) is 1. The van der Waals surface area contributed by atoms with Crippen molar-refractivity contribution < 1.29 is 27.5 Å². The fraction of sp³-hybridized carbons (Fsp3) is 0.241. The van der Waals surface area contributed by atoms with Crippen LogP contribution in [0.3, 0.4) is 0 Å². The van der Waals surface area contributed by atoms with E-state index in [-0.39, 0.29) is 12.5 Å². The molecule has 2 heterocycles. The lowest BCUT2D eigenvalue weighted by atomic mass is 10.0. The van der Waals surface area contributed by atoms with Gasteiger partial charge in [-0.3, -0.25) is 4.79 Å². The average Bonchev–Trinajstić information content (AvgIpc) is 3.48. The molecule has 2 atom stereocenters. The minimum absolute atomic E-state index is 0.0349. The summed E-state index contributed by atoms with van der Waals surface area (Å²) in [6.45, 7) is 11.3. The number of nitrogens with one attached hydrogen (secondary N) is 1. The smallest absolute Gasteiger partial charge is 0.410 e. The molecular weight excluding hydrogens is 506 g/mol. The van der Waals surface area contributed by atoms with Crippen molar-refractivity contribution in [3.8, 4) is 11.5 Å². The fourth-order valence-electron chi connectivity index (χ4n) is 4.65. The van der Waals surface area contributed by atoms with E-state index in [9.17, 15) is 18.4 Å². The summed E-state index contributed by atoms with van der Waals surface area (Å²) in [5.41, 5.74) is 3.98. The van der Waals surface area contributed by atoms with Gasteiger partial charge in [-0.2, -0.15) is 0 Å². The molecule has 1 saturated heterocycles. The zero-order valence-electron chi connectivity index (χ0n) is 21.4. The van der Waals surface area contributed by atoms with Crippen LogP contribution in [-0.2, 0) is 4.74 Å². The molecule has 3 aromatic carbocycles. The maximum Gasteiger partial charge on any atom is 0.410 e. The van der Waals surface area contributed by atoms with Crippen LogP contribution in [0, 0.1) is 18.2 Å². The van der Waals surface area contributed by atoms with Crippen molar-refractivity contribution in [3.05, 3.63) is 94.3 Å². The van der Waals surface area contributed by atoms with E-state index in [1.807, 2.05) is 13.8 Å². The highest BCUT2D eigenvalue weighted by atomic mass is 19.2. The van der Waals surface area contributed by atoms with Gasteiger partial charge in [-0.05, 0) is 65.6 Å². The highest BCUT2D eigenvalue weighted by Crippen LogP contribution is 2.34. The molecule has 5 rings (SSSR count). The van der Waals surface area contributed by atoms with Crippen LogP contribution in [-0.4, -0.2) is 41.6 Å². The quantitative estimate of drug-likeness (QED) is 0.293. The van der Waals surface area contributed by atoms with Gasteiger partial charge < -0.3 is 19.4 Å². The summed E-state index contributed by atoms with van der Waals surface area (Å²) in [4.78, 5) is 34.4. The third-order valence-corrected chi connectivity index (χ3v) is 6.71. The Hall–Kier alpha value is -4.78. The molecule has 0 radical (unpaired) electrons. The Morgan fingerprint density at radius 1 is 1.13 bits per heavy atom. The molecule has 0 unspecified atom stereocenters. The lowest BCUT2D eigenvalue weighted by molar-refractivity contribution is 0.0902. The molecule has 4 aromatic rings. The molecule has 1 aliphatic heterocycles. The summed E-state index contributed by atoms with van der Waals surface area (Å²) < 4.78 is 38.6. The number of oxazole rings is 1. The Morgan fingerprint density at radius 3 is 2.54 bits per heavy atom. The Morgan fingerprint density at radius 2 is 1.87 bits per heavy atom. The Labute approximate surface area is 223 Å². The van der Waals surface area contributed by atoms with E-state index in [2.05, 4.69) is 15.1 Å². The van der Waals surface area contributed by atoms with Gasteiger partial charge in [-0.1, -0.05) is 19.9 Å². The first-order valence-electron chi connectivity index (χ1n) is 12.2. The first kappa shape index (κ1) is 25.9. The SMILES string of the molecule is [C-]#[N+]c1cc(C(C)C)c2oc(-c3ccc(C(=O)NC[C@H]4OC(=O)N(C)[C@@H]4c4ccc(F)c(F)c4)cc3)nc2c1. The largest absolute Gasteiger partial charge is 0.442 e. The molecule has 0 spiro atoms. The predicted molar refractivity (Wildman–Crippen MR) is 139 cm³/mol. The number of benzene rings is 3. The van der Waals surface area contributed by atoms with Gasteiger partial charge in [0.1, 0.15) is 6.10 Å². The molecule has 8 nitrogen and oxygen atoms in total. The number of carbonyl (C=O) groups excluding carboxylic acids is 2. The van der Waals surface area contributed by atoms with Gasteiger partial charge in [0.25, 0.3) is 5.91 Å². The highest BCUT2D eigenvalue weighted by Gasteiger charge is 2.40. The number of cyclic esters (lactones) is 1. The van der Waals surface area contributed by atoms with Crippen molar-refractivity contribution in [2.75, 3.05) is 13.6 Å². The van der Waals surface area contributed by atoms with Crippen LogP contribution >= 0.6 is 0 Å². The molecule has 198 valence electrons. The van der Waals surface area contributed by atoms with E-state index in [4.69, 9.17) is 15.7 Å². The van der Waals surface area contributed by atoms with Crippen LogP contribution < -0.4 is 5.32 Å². The Bertz CT molecular complexity index is 1630. The van der Waals surface area contributed by atoms with E-state index >= 15 is 0 Å². The molecule has 39 heavy (non-hydrogen) atoms. The van der Waals surface area contributed by atoms with Gasteiger partial charge in [0.05, 0.1) is 24.7 Å². The van der Waals surface area contributed by atoms with E-state index in [0.717, 1.165) is 17.7 Å². The second-order valence-electron chi connectivity index (χ2n) is 9.61. The third-order valence-electron chi connectivity index (χ3n) is 6.71. The summed E-state index contributed by atoms with van der Waals surface area (Å²) in [5.74, 6) is -1.92. The number of hydrogen-bond acceptors (Lipinski definition) is 5. The van der Waals surface area contributed by atoms with Gasteiger partial charge in [-0.25, -0.2) is 23.4 Å². The van der Waals surface area contributed by atoms with Crippen LogP contribution in [0.5, 0.6) is 0 Å². The predicted octanol–water partition coefficient (Wildman–Crippen LogP) is 6.37. The number of hydrogen-bond donors (Lipinski definition) is 1. The van der Waals surface area contributed by atoms with Crippen molar-refractivity contribution >= 4 is 28.8 Å². The van der Waals surface area contributed by atoms with Crippen LogP contribution in [0.1, 0.15) is 47.3 Å². The van der Waals surface area contributed by atoms with Gasteiger partial charge >= 0.3 is 6.09 Å².